The molecule has 2 aliphatic rings. The maximum Gasteiger partial charge on any atom is 0.260 e. The van der Waals surface area contributed by atoms with E-state index < -0.39 is 5.82 Å². The van der Waals surface area contributed by atoms with Crippen LogP contribution in [0.2, 0.25) is 0 Å². The van der Waals surface area contributed by atoms with E-state index in [-0.39, 0.29) is 18.3 Å². The number of nitrogens with one attached hydrogen (secondary N) is 1. The molecule has 0 atom stereocenters. The lowest BCUT2D eigenvalue weighted by molar-refractivity contribution is -0.134. The summed E-state index contributed by atoms with van der Waals surface area (Å²) in [6.07, 6.45) is 1.72. The molecular weight excluding hydrogens is 337 g/mol. The average Bonchev–Trinajstić information content (AvgIpc) is 3.11. The van der Waals surface area contributed by atoms with Gasteiger partial charge >= 0.3 is 0 Å². The van der Waals surface area contributed by atoms with E-state index in [4.69, 9.17) is 4.74 Å². The number of fused-ring (bicyclic) bond motifs is 1. The molecule has 7 nitrogen and oxygen atoms in total. The molecule has 3 heterocycles. The zero-order valence-electron chi connectivity index (χ0n) is 14.5. The largest absolute Gasteiger partial charge is 0.481 e. The third kappa shape index (κ3) is 3.41. The van der Waals surface area contributed by atoms with Gasteiger partial charge in [0.1, 0.15) is 11.6 Å². The summed E-state index contributed by atoms with van der Waals surface area (Å²) >= 11 is 0. The molecule has 2 aliphatic heterocycles. The molecule has 1 N–H and O–H groups in total. The van der Waals surface area contributed by atoms with Gasteiger partial charge in [0.2, 0.25) is 0 Å². The molecule has 0 radical (unpaired) electrons. The fraction of sp³-hybridized carbons (Fsp3) is 0.500. The minimum Gasteiger partial charge on any atom is -0.481 e. The van der Waals surface area contributed by atoms with Crippen molar-refractivity contribution in [2.24, 2.45) is 0 Å². The van der Waals surface area contributed by atoms with Gasteiger partial charge in [-0.05, 0) is 25.0 Å². The van der Waals surface area contributed by atoms with E-state index in [9.17, 15) is 9.18 Å². The van der Waals surface area contributed by atoms with Crippen LogP contribution in [0.3, 0.4) is 0 Å². The summed E-state index contributed by atoms with van der Waals surface area (Å²) in [6, 6.07) is 6.12. The van der Waals surface area contributed by atoms with Gasteiger partial charge in [0.15, 0.2) is 18.2 Å². The van der Waals surface area contributed by atoms with Gasteiger partial charge in [0.05, 0.1) is 6.54 Å². The number of likely N-dealkylation sites (tertiary alicyclic amines) is 1. The minimum atomic E-state index is -0.454. The van der Waals surface area contributed by atoms with Crippen LogP contribution in [0, 0.1) is 5.82 Å². The van der Waals surface area contributed by atoms with Gasteiger partial charge in [0.25, 0.3) is 5.91 Å². The second kappa shape index (κ2) is 7.41. The molecule has 138 valence electrons. The summed E-state index contributed by atoms with van der Waals surface area (Å²) in [5.74, 6) is 1.90. The fourth-order valence-corrected chi connectivity index (χ4v) is 3.60. The van der Waals surface area contributed by atoms with Crippen LogP contribution in [0.1, 0.15) is 30.4 Å². The third-order valence-electron chi connectivity index (χ3n) is 5.05. The van der Waals surface area contributed by atoms with Crippen molar-refractivity contribution >= 4 is 5.91 Å². The average molecular weight is 359 g/mol. The van der Waals surface area contributed by atoms with Crippen LogP contribution in [-0.4, -0.2) is 51.8 Å². The molecule has 0 spiro atoms. The van der Waals surface area contributed by atoms with Gasteiger partial charge in [0, 0.05) is 32.1 Å². The Labute approximate surface area is 151 Å². The van der Waals surface area contributed by atoms with Gasteiger partial charge in [-0.3, -0.25) is 4.79 Å². The normalized spacial score (nSPS) is 17.8. The molecule has 26 heavy (non-hydrogen) atoms. The molecule has 1 fully saturated rings. The lowest BCUT2D eigenvalue weighted by Crippen LogP contribution is -2.41. The lowest BCUT2D eigenvalue weighted by atomic mass is 9.95. The summed E-state index contributed by atoms with van der Waals surface area (Å²) in [6.45, 7) is 3.76. The minimum absolute atomic E-state index is 0.111. The molecule has 1 amide bonds. The van der Waals surface area contributed by atoms with Crippen molar-refractivity contribution in [3.05, 3.63) is 41.7 Å². The summed E-state index contributed by atoms with van der Waals surface area (Å²) in [7, 11) is 0. The number of hydrogen-bond donors (Lipinski definition) is 1. The highest BCUT2D eigenvalue weighted by molar-refractivity contribution is 5.77. The highest BCUT2D eigenvalue weighted by atomic mass is 19.1. The molecule has 1 saturated heterocycles. The number of carbonyl (C=O) groups excluding carboxylic acids is 1. The number of ether oxygens (including phenoxy) is 1. The molecule has 1 aromatic heterocycles. The van der Waals surface area contributed by atoms with Crippen molar-refractivity contribution in [2.75, 3.05) is 26.2 Å². The molecule has 0 saturated carbocycles. The van der Waals surface area contributed by atoms with Crippen LogP contribution in [0.15, 0.2) is 24.3 Å². The zero-order chi connectivity index (χ0) is 17.9. The van der Waals surface area contributed by atoms with Crippen molar-refractivity contribution < 1.29 is 13.9 Å². The predicted molar refractivity (Wildman–Crippen MR) is 92.2 cm³/mol. The number of piperidine rings is 1. The van der Waals surface area contributed by atoms with Crippen LogP contribution in [-0.2, 0) is 17.9 Å². The fourth-order valence-electron chi connectivity index (χ4n) is 3.60. The first-order valence-corrected chi connectivity index (χ1v) is 9.00. The third-order valence-corrected chi connectivity index (χ3v) is 5.05. The topological polar surface area (TPSA) is 72.3 Å². The Bertz CT molecular complexity index is 786. The standard InChI is InChI=1S/C18H22FN5O2/c19-14-3-1-2-4-15(14)26-12-17(25)23-8-5-13(6-9-23)18-22-21-16-11-20-7-10-24(16)18/h1-4,13,20H,5-12H2. The number of aromatic nitrogens is 3. The van der Waals surface area contributed by atoms with Crippen molar-refractivity contribution in [1.82, 2.24) is 25.0 Å². The van der Waals surface area contributed by atoms with Crippen LogP contribution < -0.4 is 10.1 Å². The van der Waals surface area contributed by atoms with Gasteiger partial charge in [-0.1, -0.05) is 12.1 Å². The number of carbonyl (C=O) groups is 1. The monoisotopic (exact) mass is 359 g/mol. The Morgan fingerprint density at radius 3 is 2.85 bits per heavy atom. The Morgan fingerprint density at radius 1 is 1.23 bits per heavy atom. The molecule has 4 rings (SSSR count). The maximum atomic E-state index is 13.6. The highest BCUT2D eigenvalue weighted by Gasteiger charge is 2.28. The lowest BCUT2D eigenvalue weighted by Gasteiger charge is -2.32. The van der Waals surface area contributed by atoms with Crippen molar-refractivity contribution in [2.45, 2.75) is 31.8 Å². The maximum absolute atomic E-state index is 13.6. The molecule has 0 unspecified atom stereocenters. The van der Waals surface area contributed by atoms with E-state index in [0.717, 1.165) is 44.1 Å². The van der Waals surface area contributed by atoms with Crippen LogP contribution in [0.4, 0.5) is 4.39 Å². The van der Waals surface area contributed by atoms with Crippen molar-refractivity contribution in [3.8, 4) is 5.75 Å². The van der Waals surface area contributed by atoms with Crippen molar-refractivity contribution in [3.63, 3.8) is 0 Å². The number of nitrogens with zero attached hydrogens (tertiary/aromatic N) is 4. The smallest absolute Gasteiger partial charge is 0.260 e. The van der Waals surface area contributed by atoms with Gasteiger partial charge in [-0.25, -0.2) is 4.39 Å². The molecule has 0 aliphatic carbocycles. The zero-order valence-corrected chi connectivity index (χ0v) is 14.5. The quantitative estimate of drug-likeness (QED) is 0.891. The van der Waals surface area contributed by atoms with Gasteiger partial charge in [-0.15, -0.1) is 10.2 Å². The molecular formula is C18H22FN5O2. The second-order valence-electron chi connectivity index (χ2n) is 6.68. The van der Waals surface area contributed by atoms with Crippen LogP contribution >= 0.6 is 0 Å². The van der Waals surface area contributed by atoms with E-state index in [1.54, 1.807) is 17.0 Å². The Balaban J connectivity index is 1.31. The Hall–Kier alpha value is -2.48. The summed E-state index contributed by atoms with van der Waals surface area (Å²) < 4.78 is 21.1. The van der Waals surface area contributed by atoms with E-state index >= 15 is 0 Å². The van der Waals surface area contributed by atoms with Crippen LogP contribution in [0.5, 0.6) is 5.75 Å². The predicted octanol–water partition coefficient (Wildman–Crippen LogP) is 1.31. The van der Waals surface area contributed by atoms with Gasteiger partial charge in [-0.2, -0.15) is 0 Å². The number of rotatable bonds is 4. The first kappa shape index (κ1) is 17.0. The van der Waals surface area contributed by atoms with Crippen LogP contribution in [0.25, 0.3) is 0 Å². The number of hydrogen-bond acceptors (Lipinski definition) is 5. The number of halogens is 1. The Kier molecular flexibility index (Phi) is 4.83. The first-order valence-electron chi connectivity index (χ1n) is 9.00. The summed E-state index contributed by atoms with van der Waals surface area (Å²) in [5.41, 5.74) is 0. The second-order valence-corrected chi connectivity index (χ2v) is 6.68. The van der Waals surface area contributed by atoms with E-state index in [1.165, 1.54) is 12.1 Å². The SMILES string of the molecule is O=C(COc1ccccc1F)N1CCC(c2nnc3n2CCNC3)CC1. The van der Waals surface area contributed by atoms with Crippen molar-refractivity contribution in [1.29, 1.82) is 0 Å². The first-order chi connectivity index (χ1) is 12.7. The number of para-hydroxylation sites is 1. The molecule has 2 aromatic rings. The highest BCUT2D eigenvalue weighted by Crippen LogP contribution is 2.28. The van der Waals surface area contributed by atoms with E-state index in [0.29, 0.717) is 19.0 Å². The van der Waals surface area contributed by atoms with Gasteiger partial charge < -0.3 is 19.5 Å². The summed E-state index contributed by atoms with van der Waals surface area (Å²) in [5, 5.41) is 11.9. The summed E-state index contributed by atoms with van der Waals surface area (Å²) in [4.78, 5) is 14.1. The molecule has 1 aromatic carbocycles. The Morgan fingerprint density at radius 2 is 2.04 bits per heavy atom. The van der Waals surface area contributed by atoms with E-state index in [1.807, 2.05) is 0 Å². The number of amides is 1. The molecule has 0 bridgehead atoms. The van der Waals surface area contributed by atoms with E-state index in [2.05, 4.69) is 20.1 Å². The molecule has 8 heteroatoms. The number of benzene rings is 1.